The lowest BCUT2D eigenvalue weighted by Crippen LogP contribution is -2.43. The van der Waals surface area contributed by atoms with E-state index in [1.807, 2.05) is 88.2 Å². The zero-order valence-corrected chi connectivity index (χ0v) is 31.8. The van der Waals surface area contributed by atoms with Crippen molar-refractivity contribution in [2.75, 3.05) is 39.2 Å². The maximum absolute atomic E-state index is 13.3. The number of amides is 3. The van der Waals surface area contributed by atoms with Crippen molar-refractivity contribution in [3.8, 4) is 28.1 Å². The molecule has 0 spiro atoms. The molecule has 0 aliphatic carbocycles. The molecule has 280 valence electrons. The number of rotatable bonds is 13. The molecule has 3 N–H and O–H groups in total. The number of aromatic nitrogens is 2. The van der Waals surface area contributed by atoms with Gasteiger partial charge in [0.2, 0.25) is 5.91 Å². The number of hydrogen-bond acceptors (Lipinski definition) is 9. The Kier molecular flexibility index (Phi) is 12.7. The summed E-state index contributed by atoms with van der Waals surface area (Å²) in [5, 5.41) is 15.5. The lowest BCUT2D eigenvalue weighted by atomic mass is 9.97. The van der Waals surface area contributed by atoms with Gasteiger partial charge in [-0.3, -0.25) is 24.5 Å². The fraction of sp³-hybridized carbons (Fsp3) is 0.375. The monoisotopic (exact) mass is 742 g/mol. The first kappa shape index (κ1) is 39.2. The predicted octanol–water partition coefficient (Wildman–Crippen LogP) is 6.47. The molecule has 1 atom stereocenters. The van der Waals surface area contributed by atoms with Gasteiger partial charge in [0.15, 0.2) is 0 Å². The summed E-state index contributed by atoms with van der Waals surface area (Å²) < 4.78 is 11.5. The number of pyridine rings is 2. The summed E-state index contributed by atoms with van der Waals surface area (Å²) in [5.74, 6) is 0.166. The number of nitrogens with zero attached hydrogens (tertiary/aromatic N) is 4. The number of aliphatic hydroxyl groups is 1. The number of hydrogen-bond donors (Lipinski definition) is 3. The molecule has 0 saturated carbocycles. The van der Waals surface area contributed by atoms with Crippen LogP contribution in [0, 0.1) is 6.92 Å². The topological polar surface area (TPSA) is 146 Å². The van der Waals surface area contributed by atoms with Crippen molar-refractivity contribution < 1.29 is 29.0 Å². The van der Waals surface area contributed by atoms with Crippen molar-refractivity contribution >= 4 is 35.2 Å². The third kappa shape index (κ3) is 10.1. The lowest BCUT2D eigenvalue weighted by molar-refractivity contribution is -0.119. The van der Waals surface area contributed by atoms with E-state index in [-0.39, 0.29) is 36.7 Å². The number of nitrogens with one attached hydrogen (secondary N) is 2. The normalized spacial score (nSPS) is 14.2. The molecule has 1 saturated heterocycles. The zero-order chi connectivity index (χ0) is 38.3. The van der Waals surface area contributed by atoms with Crippen LogP contribution in [0.25, 0.3) is 22.4 Å². The molecular weight excluding hydrogens is 696 g/mol. The highest BCUT2D eigenvalue weighted by Gasteiger charge is 2.29. The Labute approximate surface area is 315 Å². The zero-order valence-electron chi connectivity index (χ0n) is 31.0. The number of methoxy groups -OCH3 is 1. The van der Waals surface area contributed by atoms with Gasteiger partial charge in [-0.2, -0.15) is 0 Å². The number of benzene rings is 2. The van der Waals surface area contributed by atoms with Gasteiger partial charge in [0.05, 0.1) is 31.0 Å². The molecule has 3 heterocycles. The van der Waals surface area contributed by atoms with Gasteiger partial charge in [-0.15, -0.1) is 0 Å². The van der Waals surface area contributed by atoms with E-state index in [9.17, 15) is 14.4 Å². The van der Waals surface area contributed by atoms with Gasteiger partial charge in [-0.1, -0.05) is 41.9 Å². The maximum Gasteiger partial charge on any atom is 0.410 e. The molecule has 5 rings (SSSR count). The Morgan fingerprint density at radius 1 is 1.08 bits per heavy atom. The van der Waals surface area contributed by atoms with Crippen LogP contribution < -0.4 is 15.4 Å². The standard InChI is InChI=1S/C40H47ClN6O6/c1-25-30(8-7-9-32(25)45-38(50)33-14-10-26(21-43-33)22-46(5)18-19-48)31-16-17-42-37(36(31)41)27-11-12-28(34(20-27)52-6)23-47(39(51)53-40(2,3)4)24-29-13-15-35(49)44-29/h7-12,14,16-17,20-21,29,48H,13,15,18-19,22-24H2,1-6H3,(H,44,49)(H,45,50)/t29-/m0/s1. The Bertz CT molecular complexity index is 1950. The average molecular weight is 743 g/mol. The van der Waals surface area contributed by atoms with E-state index in [0.29, 0.717) is 60.2 Å². The van der Waals surface area contributed by atoms with E-state index >= 15 is 0 Å². The minimum atomic E-state index is -0.693. The highest BCUT2D eigenvalue weighted by molar-refractivity contribution is 6.35. The highest BCUT2D eigenvalue weighted by atomic mass is 35.5. The summed E-state index contributed by atoms with van der Waals surface area (Å²) in [6.45, 7) is 9.08. The summed E-state index contributed by atoms with van der Waals surface area (Å²) in [7, 11) is 3.47. The fourth-order valence-corrected chi connectivity index (χ4v) is 6.48. The van der Waals surface area contributed by atoms with Gasteiger partial charge in [0.25, 0.3) is 5.91 Å². The Balaban J connectivity index is 1.37. The van der Waals surface area contributed by atoms with Crippen LogP contribution in [0.5, 0.6) is 5.75 Å². The van der Waals surface area contributed by atoms with Crippen LogP contribution in [-0.4, -0.2) is 88.3 Å². The molecule has 1 aliphatic heterocycles. The van der Waals surface area contributed by atoms with Crippen molar-refractivity contribution in [3.63, 3.8) is 0 Å². The minimum absolute atomic E-state index is 0.0298. The van der Waals surface area contributed by atoms with Gasteiger partial charge >= 0.3 is 6.09 Å². The summed E-state index contributed by atoms with van der Waals surface area (Å²) in [6.07, 6.45) is 3.93. The average Bonchev–Trinajstić information content (AvgIpc) is 3.53. The molecule has 1 aliphatic rings. The third-order valence-electron chi connectivity index (χ3n) is 8.85. The first-order chi connectivity index (χ1) is 25.3. The van der Waals surface area contributed by atoms with Crippen LogP contribution in [-0.2, 0) is 22.6 Å². The van der Waals surface area contributed by atoms with E-state index in [0.717, 1.165) is 27.8 Å². The molecule has 12 nitrogen and oxygen atoms in total. The molecule has 3 amide bonds. The van der Waals surface area contributed by atoms with Crippen LogP contribution in [0.1, 0.15) is 60.8 Å². The van der Waals surface area contributed by atoms with Crippen molar-refractivity contribution in [1.82, 2.24) is 25.1 Å². The van der Waals surface area contributed by atoms with Gasteiger partial charge in [-0.25, -0.2) is 4.79 Å². The molecule has 13 heteroatoms. The second-order valence-electron chi connectivity index (χ2n) is 14.2. The summed E-state index contributed by atoms with van der Waals surface area (Å²) in [4.78, 5) is 50.9. The van der Waals surface area contributed by atoms with E-state index < -0.39 is 11.7 Å². The predicted molar refractivity (Wildman–Crippen MR) is 205 cm³/mol. The second kappa shape index (κ2) is 17.2. The molecule has 53 heavy (non-hydrogen) atoms. The van der Waals surface area contributed by atoms with Crippen molar-refractivity contribution in [2.45, 2.75) is 65.3 Å². The van der Waals surface area contributed by atoms with Crippen LogP contribution >= 0.6 is 11.6 Å². The molecule has 4 aromatic rings. The smallest absolute Gasteiger partial charge is 0.410 e. The fourth-order valence-electron chi connectivity index (χ4n) is 6.15. The maximum atomic E-state index is 13.3. The molecular formula is C40H47ClN6O6. The number of aliphatic hydroxyl groups excluding tert-OH is 1. The van der Waals surface area contributed by atoms with Crippen LogP contribution in [0.4, 0.5) is 10.5 Å². The second-order valence-corrected chi connectivity index (χ2v) is 14.5. The third-order valence-corrected chi connectivity index (χ3v) is 9.23. The summed E-state index contributed by atoms with van der Waals surface area (Å²) in [5.41, 5.74) is 5.51. The van der Waals surface area contributed by atoms with Crippen LogP contribution in [0.3, 0.4) is 0 Å². The largest absolute Gasteiger partial charge is 0.496 e. The number of likely N-dealkylation sites (N-methyl/N-ethyl adjacent to an activating group) is 1. The molecule has 0 radical (unpaired) electrons. The van der Waals surface area contributed by atoms with E-state index in [1.165, 1.54) is 0 Å². The number of carbonyl (C=O) groups excluding carboxylic acids is 3. The first-order valence-electron chi connectivity index (χ1n) is 17.5. The first-order valence-corrected chi connectivity index (χ1v) is 17.9. The van der Waals surface area contributed by atoms with Gasteiger partial charge in [0, 0.05) is 66.9 Å². The van der Waals surface area contributed by atoms with Crippen molar-refractivity contribution in [2.24, 2.45) is 0 Å². The van der Waals surface area contributed by atoms with E-state index in [1.54, 1.807) is 30.5 Å². The minimum Gasteiger partial charge on any atom is -0.496 e. The van der Waals surface area contributed by atoms with E-state index in [2.05, 4.69) is 20.6 Å². The molecule has 2 aromatic heterocycles. The van der Waals surface area contributed by atoms with Gasteiger partial charge in [0.1, 0.15) is 17.0 Å². The molecule has 0 unspecified atom stereocenters. The molecule has 2 aromatic carbocycles. The van der Waals surface area contributed by atoms with Crippen LogP contribution in [0.15, 0.2) is 67.0 Å². The number of carbonyl (C=O) groups is 3. The highest BCUT2D eigenvalue weighted by Crippen LogP contribution is 2.39. The van der Waals surface area contributed by atoms with Crippen molar-refractivity contribution in [1.29, 1.82) is 0 Å². The molecule has 0 bridgehead atoms. The Hall–Kier alpha value is -5.04. The Morgan fingerprint density at radius 2 is 1.87 bits per heavy atom. The quantitative estimate of drug-likeness (QED) is 0.140. The Morgan fingerprint density at radius 3 is 2.53 bits per heavy atom. The number of anilines is 1. The summed E-state index contributed by atoms with van der Waals surface area (Å²) in [6, 6.07) is 16.4. The lowest BCUT2D eigenvalue weighted by Gasteiger charge is -2.29. The van der Waals surface area contributed by atoms with Crippen molar-refractivity contribution in [3.05, 3.63) is 94.4 Å². The van der Waals surface area contributed by atoms with Gasteiger partial charge < -0.3 is 30.1 Å². The number of ether oxygens (including phenoxy) is 2. The molecule has 1 fully saturated rings. The SMILES string of the molecule is COc1cc(-c2nccc(-c3cccc(NC(=O)c4ccc(CN(C)CCO)cn4)c3C)c2Cl)ccc1CN(C[C@@H]1CCC(=O)N1)C(=O)OC(C)(C)C. The van der Waals surface area contributed by atoms with Crippen LogP contribution in [0.2, 0.25) is 5.02 Å². The number of halogens is 1. The summed E-state index contributed by atoms with van der Waals surface area (Å²) >= 11 is 7.08. The van der Waals surface area contributed by atoms with E-state index in [4.69, 9.17) is 26.2 Å². The van der Waals surface area contributed by atoms with Gasteiger partial charge in [-0.05, 0) is 82.1 Å².